The molecule has 0 aliphatic rings. The van der Waals surface area contributed by atoms with Gasteiger partial charge in [-0.05, 0) is 38.8 Å². The summed E-state index contributed by atoms with van der Waals surface area (Å²) in [7, 11) is 0. The van der Waals surface area contributed by atoms with Crippen LogP contribution < -0.4 is 5.32 Å². The van der Waals surface area contributed by atoms with Crippen LogP contribution in [0.1, 0.15) is 48.2 Å². The van der Waals surface area contributed by atoms with E-state index in [1.165, 1.54) is 22.3 Å². The first kappa shape index (κ1) is 13.8. The van der Waals surface area contributed by atoms with Crippen molar-refractivity contribution in [3.63, 3.8) is 0 Å². The molecule has 0 spiro atoms. The monoisotopic (exact) mass is 253 g/mol. The lowest BCUT2D eigenvalue weighted by Crippen LogP contribution is -2.22. The van der Waals surface area contributed by atoms with Crippen LogP contribution in [0, 0.1) is 13.8 Å². The van der Waals surface area contributed by atoms with Crippen molar-refractivity contribution >= 4 is 0 Å². The molecule has 1 N–H and O–H groups in total. The molecule has 0 aromatic heterocycles. The summed E-state index contributed by atoms with van der Waals surface area (Å²) in [6.07, 6.45) is 0. The number of nitrogens with one attached hydrogen (secondary N) is 1. The van der Waals surface area contributed by atoms with Gasteiger partial charge in [0.1, 0.15) is 0 Å². The fraction of sp³-hybridized carbons (Fsp3) is 0.333. The maximum atomic E-state index is 3.67. The molecule has 1 nitrogen and oxygen atoms in total. The summed E-state index contributed by atoms with van der Waals surface area (Å²) >= 11 is 0. The van der Waals surface area contributed by atoms with Crippen LogP contribution in [-0.2, 0) is 0 Å². The average Bonchev–Trinajstić information content (AvgIpc) is 2.38. The van der Waals surface area contributed by atoms with Crippen LogP contribution in [-0.4, -0.2) is 0 Å². The molecular formula is C18H23N. The highest BCUT2D eigenvalue weighted by Crippen LogP contribution is 2.21. The first-order chi connectivity index (χ1) is 9.06. The number of benzene rings is 2. The second kappa shape index (κ2) is 6.03. The molecule has 0 amide bonds. The summed E-state index contributed by atoms with van der Waals surface area (Å²) in [4.78, 5) is 0. The van der Waals surface area contributed by atoms with E-state index in [1.54, 1.807) is 0 Å². The molecule has 1 heteroatoms. The van der Waals surface area contributed by atoms with Crippen LogP contribution in [0.4, 0.5) is 0 Å². The minimum absolute atomic E-state index is 0.355. The Morgan fingerprint density at radius 2 is 1.26 bits per heavy atom. The van der Waals surface area contributed by atoms with Crippen LogP contribution in [0.2, 0.25) is 0 Å². The molecule has 2 aromatic carbocycles. The quantitative estimate of drug-likeness (QED) is 0.831. The van der Waals surface area contributed by atoms with E-state index >= 15 is 0 Å². The summed E-state index contributed by atoms with van der Waals surface area (Å²) in [5.41, 5.74) is 5.35. The molecule has 0 aliphatic heterocycles. The van der Waals surface area contributed by atoms with Crippen molar-refractivity contribution in [1.82, 2.24) is 5.32 Å². The molecule has 0 fully saturated rings. The van der Waals surface area contributed by atoms with E-state index in [1.807, 2.05) is 0 Å². The van der Waals surface area contributed by atoms with Gasteiger partial charge in [-0.15, -0.1) is 0 Å². The van der Waals surface area contributed by atoms with E-state index in [0.717, 1.165) is 0 Å². The molecule has 100 valence electrons. The Hall–Kier alpha value is -1.60. The Kier molecular flexibility index (Phi) is 4.39. The largest absolute Gasteiger partial charge is 0.304 e. The molecule has 2 atom stereocenters. The van der Waals surface area contributed by atoms with Gasteiger partial charge in [-0.2, -0.15) is 0 Å². The lowest BCUT2D eigenvalue weighted by molar-refractivity contribution is 0.494. The molecule has 2 aromatic rings. The zero-order chi connectivity index (χ0) is 13.8. The molecule has 1 unspecified atom stereocenters. The summed E-state index contributed by atoms with van der Waals surface area (Å²) < 4.78 is 0. The normalized spacial score (nSPS) is 14.1. The minimum Gasteiger partial charge on any atom is -0.304 e. The van der Waals surface area contributed by atoms with Gasteiger partial charge in [-0.1, -0.05) is 59.7 Å². The Balaban J connectivity index is 2.10. The fourth-order valence-corrected chi connectivity index (χ4v) is 2.57. The van der Waals surface area contributed by atoms with Gasteiger partial charge in [0.25, 0.3) is 0 Å². The van der Waals surface area contributed by atoms with E-state index < -0.39 is 0 Å². The smallest absolute Gasteiger partial charge is 0.0297 e. The van der Waals surface area contributed by atoms with Gasteiger partial charge in [0.2, 0.25) is 0 Å². The molecule has 0 saturated heterocycles. The lowest BCUT2D eigenvalue weighted by atomic mass is 10.0. The van der Waals surface area contributed by atoms with Gasteiger partial charge in [0.05, 0.1) is 0 Å². The van der Waals surface area contributed by atoms with Crippen molar-refractivity contribution in [3.8, 4) is 0 Å². The van der Waals surface area contributed by atoms with Crippen LogP contribution in [0.3, 0.4) is 0 Å². The predicted molar refractivity (Wildman–Crippen MR) is 82.3 cm³/mol. The predicted octanol–water partition coefficient (Wildman–Crippen LogP) is 4.72. The molecule has 2 rings (SSSR count). The van der Waals surface area contributed by atoms with Gasteiger partial charge in [-0.3, -0.25) is 0 Å². The SMILES string of the molecule is Cc1cc(C)cc(C(C)N[C@H](C)c2ccccc2)c1. The highest BCUT2D eigenvalue weighted by atomic mass is 14.9. The van der Waals surface area contributed by atoms with Crippen molar-refractivity contribution in [1.29, 1.82) is 0 Å². The first-order valence-corrected chi connectivity index (χ1v) is 6.95. The maximum Gasteiger partial charge on any atom is 0.0297 e. The molecule has 0 aliphatic carbocycles. The Morgan fingerprint density at radius 1 is 0.737 bits per heavy atom. The topological polar surface area (TPSA) is 12.0 Å². The zero-order valence-electron chi connectivity index (χ0n) is 12.3. The van der Waals surface area contributed by atoms with E-state index in [2.05, 4.69) is 81.5 Å². The maximum absolute atomic E-state index is 3.67. The highest BCUT2D eigenvalue weighted by molar-refractivity contribution is 5.30. The Morgan fingerprint density at radius 3 is 1.84 bits per heavy atom. The van der Waals surface area contributed by atoms with Gasteiger partial charge >= 0.3 is 0 Å². The van der Waals surface area contributed by atoms with E-state index in [-0.39, 0.29) is 0 Å². The summed E-state index contributed by atoms with van der Waals surface area (Å²) in [6.45, 7) is 8.76. The van der Waals surface area contributed by atoms with Gasteiger partial charge in [0.15, 0.2) is 0 Å². The van der Waals surface area contributed by atoms with E-state index in [4.69, 9.17) is 0 Å². The third kappa shape index (κ3) is 3.68. The van der Waals surface area contributed by atoms with Crippen LogP contribution in [0.5, 0.6) is 0 Å². The first-order valence-electron chi connectivity index (χ1n) is 6.95. The summed E-state index contributed by atoms with van der Waals surface area (Å²) in [6, 6.07) is 18.1. The second-order valence-electron chi connectivity index (χ2n) is 5.44. The van der Waals surface area contributed by atoms with Crippen molar-refractivity contribution in [2.24, 2.45) is 0 Å². The standard InChI is InChI=1S/C18H23N/c1-13-10-14(2)12-18(11-13)16(4)19-15(3)17-8-6-5-7-9-17/h5-12,15-16,19H,1-4H3/t15-,16?/m1/s1. The van der Waals surface area contributed by atoms with Crippen LogP contribution >= 0.6 is 0 Å². The molecule has 0 radical (unpaired) electrons. The molecule has 0 heterocycles. The van der Waals surface area contributed by atoms with Gasteiger partial charge < -0.3 is 5.32 Å². The third-order valence-corrected chi connectivity index (χ3v) is 3.54. The number of rotatable bonds is 4. The lowest BCUT2D eigenvalue weighted by Gasteiger charge is -2.21. The van der Waals surface area contributed by atoms with Gasteiger partial charge in [-0.25, -0.2) is 0 Å². The zero-order valence-corrected chi connectivity index (χ0v) is 12.3. The van der Waals surface area contributed by atoms with Gasteiger partial charge in [0, 0.05) is 12.1 Å². The van der Waals surface area contributed by atoms with Crippen molar-refractivity contribution in [2.45, 2.75) is 39.8 Å². The summed E-state index contributed by atoms with van der Waals surface area (Å²) in [5.74, 6) is 0. The molecule has 19 heavy (non-hydrogen) atoms. The van der Waals surface area contributed by atoms with Crippen molar-refractivity contribution < 1.29 is 0 Å². The minimum atomic E-state index is 0.355. The number of hydrogen-bond acceptors (Lipinski definition) is 1. The Labute approximate surface area is 116 Å². The average molecular weight is 253 g/mol. The number of hydrogen-bond donors (Lipinski definition) is 1. The van der Waals surface area contributed by atoms with Crippen molar-refractivity contribution in [3.05, 3.63) is 70.8 Å². The molecular weight excluding hydrogens is 230 g/mol. The van der Waals surface area contributed by atoms with E-state index in [9.17, 15) is 0 Å². The van der Waals surface area contributed by atoms with E-state index in [0.29, 0.717) is 12.1 Å². The fourth-order valence-electron chi connectivity index (χ4n) is 2.57. The highest BCUT2D eigenvalue weighted by Gasteiger charge is 2.11. The summed E-state index contributed by atoms with van der Waals surface area (Å²) in [5, 5.41) is 3.67. The molecule has 0 saturated carbocycles. The van der Waals surface area contributed by atoms with Crippen LogP contribution in [0.25, 0.3) is 0 Å². The molecule has 0 bridgehead atoms. The Bertz CT molecular complexity index is 510. The van der Waals surface area contributed by atoms with Crippen molar-refractivity contribution in [2.75, 3.05) is 0 Å². The second-order valence-corrected chi connectivity index (χ2v) is 5.44. The third-order valence-electron chi connectivity index (χ3n) is 3.54. The van der Waals surface area contributed by atoms with Crippen LogP contribution in [0.15, 0.2) is 48.5 Å². The number of aryl methyl sites for hydroxylation is 2.